The Kier molecular flexibility index (Phi) is 12.0. The van der Waals surface area contributed by atoms with Gasteiger partial charge in [-0.15, -0.1) is 0 Å². The molecule has 4 N–H and O–H groups in total. The summed E-state index contributed by atoms with van der Waals surface area (Å²) in [5.41, 5.74) is 3.84. The summed E-state index contributed by atoms with van der Waals surface area (Å²) in [5, 5.41) is 25.1. The number of carboxylic acids is 1. The molecular weight excluding hydrogens is 472 g/mol. The van der Waals surface area contributed by atoms with Gasteiger partial charge < -0.3 is 24.8 Å². The summed E-state index contributed by atoms with van der Waals surface area (Å²) < 4.78 is 8.34. The summed E-state index contributed by atoms with van der Waals surface area (Å²) in [6.45, 7) is 11.2. The number of aldehydes is 1. The van der Waals surface area contributed by atoms with Gasteiger partial charge in [-0.3, -0.25) is 14.9 Å². The summed E-state index contributed by atoms with van der Waals surface area (Å²) in [6, 6.07) is 4.75. The number of hydrogen-bond acceptors (Lipinski definition) is 7. The Morgan fingerprint density at radius 3 is 2.57 bits per heavy atom. The van der Waals surface area contributed by atoms with Gasteiger partial charge in [-0.1, -0.05) is 26.8 Å². The maximum Gasteiger partial charge on any atom is 0.323 e. The maximum atomic E-state index is 11.4. The number of fused-ring (bicyclic) bond motifs is 1. The Bertz CT molecular complexity index is 1100. The molecule has 0 aliphatic carbocycles. The number of carboxylic acid groups (broad SMARTS) is 1. The van der Waals surface area contributed by atoms with Crippen molar-refractivity contribution in [1.82, 2.24) is 20.2 Å². The summed E-state index contributed by atoms with van der Waals surface area (Å²) in [5.74, 6) is 0.0559. The molecule has 37 heavy (non-hydrogen) atoms. The number of rotatable bonds is 16. The molecule has 0 amide bonds. The van der Waals surface area contributed by atoms with Crippen molar-refractivity contribution in [2.45, 2.75) is 78.8 Å². The third-order valence-corrected chi connectivity index (χ3v) is 5.89. The van der Waals surface area contributed by atoms with Crippen molar-refractivity contribution in [3.8, 4) is 0 Å². The molecule has 3 atom stereocenters. The van der Waals surface area contributed by atoms with Crippen LogP contribution in [0.1, 0.15) is 58.8 Å². The number of aliphatic hydroxyl groups excluding tert-OH is 1. The minimum atomic E-state index is -1.11. The molecule has 0 fully saturated rings. The Labute approximate surface area is 219 Å². The van der Waals surface area contributed by atoms with Gasteiger partial charge in [-0.05, 0) is 62.0 Å². The fraction of sp³-hybridized carbons (Fsp3) is 0.536. The highest BCUT2D eigenvalue weighted by Crippen LogP contribution is 2.26. The highest BCUT2D eigenvalue weighted by Gasteiger charge is 2.23. The second-order valence-electron chi connectivity index (χ2n) is 9.82. The van der Waals surface area contributed by atoms with E-state index in [-0.39, 0.29) is 12.6 Å². The zero-order valence-electron chi connectivity index (χ0n) is 22.8. The van der Waals surface area contributed by atoms with Crippen molar-refractivity contribution in [2.24, 2.45) is 5.92 Å². The molecule has 9 nitrogen and oxygen atoms in total. The zero-order valence-corrected chi connectivity index (χ0v) is 22.8. The number of carbonyl (C=O) groups is 2. The summed E-state index contributed by atoms with van der Waals surface area (Å²) in [7, 11) is 1.80. The van der Waals surface area contributed by atoms with Crippen LogP contribution in [0.3, 0.4) is 0 Å². The first-order valence-corrected chi connectivity index (χ1v) is 12.9. The lowest BCUT2D eigenvalue weighted by Gasteiger charge is -2.22. The van der Waals surface area contributed by atoms with Crippen molar-refractivity contribution in [3.63, 3.8) is 0 Å². The van der Waals surface area contributed by atoms with Crippen molar-refractivity contribution < 1.29 is 24.5 Å². The van der Waals surface area contributed by atoms with Gasteiger partial charge >= 0.3 is 5.97 Å². The summed E-state index contributed by atoms with van der Waals surface area (Å²) in [4.78, 5) is 27.8. The molecule has 1 aromatic heterocycles. The normalized spacial score (nSPS) is 15.1. The number of nitrogens with one attached hydrogen (secondary N) is 2. The van der Waals surface area contributed by atoms with Gasteiger partial charge in [0, 0.05) is 32.0 Å². The van der Waals surface area contributed by atoms with Crippen LogP contribution in [-0.4, -0.2) is 63.9 Å². The molecule has 204 valence electrons. The fourth-order valence-corrected chi connectivity index (χ4v) is 4.20. The van der Waals surface area contributed by atoms with Crippen molar-refractivity contribution >= 4 is 28.9 Å². The molecule has 9 heteroatoms. The molecule has 0 radical (unpaired) electrons. The minimum Gasteiger partial charge on any atom is -0.480 e. The third-order valence-electron chi connectivity index (χ3n) is 5.89. The average Bonchev–Trinajstić information content (AvgIpc) is 3.18. The monoisotopic (exact) mass is 514 g/mol. The van der Waals surface area contributed by atoms with E-state index in [9.17, 15) is 19.8 Å². The average molecular weight is 515 g/mol. The largest absolute Gasteiger partial charge is 0.480 e. The first-order chi connectivity index (χ1) is 17.6. The van der Waals surface area contributed by atoms with Gasteiger partial charge in [-0.25, -0.2) is 4.98 Å². The number of allylic oxidation sites excluding steroid dienone is 3. The summed E-state index contributed by atoms with van der Waals surface area (Å²) in [6.07, 6.45) is 5.21. The van der Waals surface area contributed by atoms with E-state index in [0.717, 1.165) is 41.3 Å². The van der Waals surface area contributed by atoms with E-state index in [1.54, 1.807) is 20.0 Å². The fourth-order valence-electron chi connectivity index (χ4n) is 4.20. The van der Waals surface area contributed by atoms with Gasteiger partial charge in [0.1, 0.15) is 18.2 Å². The molecule has 0 saturated heterocycles. The topological polar surface area (TPSA) is 126 Å². The molecule has 1 aromatic carbocycles. The number of nitrogens with zero attached hydrogens (tertiary/aromatic N) is 2. The van der Waals surface area contributed by atoms with E-state index in [1.807, 2.05) is 24.4 Å². The minimum absolute atomic E-state index is 0.00760. The predicted molar refractivity (Wildman–Crippen MR) is 146 cm³/mol. The second-order valence-corrected chi connectivity index (χ2v) is 9.82. The molecule has 0 bridgehead atoms. The first kappa shape index (κ1) is 30.2. The number of ether oxygens (including phenoxy) is 1. The van der Waals surface area contributed by atoms with Crippen LogP contribution < -0.4 is 10.6 Å². The number of aliphatic hydroxyl groups is 1. The van der Waals surface area contributed by atoms with Crippen LogP contribution in [0.4, 0.5) is 0 Å². The van der Waals surface area contributed by atoms with Crippen LogP contribution in [-0.2, 0) is 27.4 Å². The van der Waals surface area contributed by atoms with E-state index in [4.69, 9.17) is 9.72 Å². The van der Waals surface area contributed by atoms with Crippen molar-refractivity contribution in [2.75, 3.05) is 13.7 Å². The predicted octanol–water partition coefficient (Wildman–Crippen LogP) is 3.51. The number of aliphatic carboxylic acids is 1. The van der Waals surface area contributed by atoms with Crippen LogP contribution in [0, 0.1) is 5.92 Å². The van der Waals surface area contributed by atoms with E-state index >= 15 is 0 Å². The molecular formula is C28H42N4O5. The lowest BCUT2D eigenvalue weighted by Crippen LogP contribution is -2.44. The number of benzene rings is 1. The highest BCUT2D eigenvalue weighted by atomic mass is 16.5. The van der Waals surface area contributed by atoms with Gasteiger partial charge in [0.2, 0.25) is 0 Å². The van der Waals surface area contributed by atoms with Crippen molar-refractivity contribution in [1.29, 1.82) is 0 Å². The molecule has 0 aliphatic rings. The SMILES string of the molecule is CCCOC(CC(C)C)Cn1c(C(=CNC)/C=C(/C)C=O)nc2cc(CNC(C(=O)O)C(C)O)ccc21. The van der Waals surface area contributed by atoms with Crippen molar-refractivity contribution in [3.05, 3.63) is 47.4 Å². The lowest BCUT2D eigenvalue weighted by atomic mass is 10.1. The smallest absolute Gasteiger partial charge is 0.323 e. The molecule has 1 heterocycles. The number of carbonyl (C=O) groups excluding carboxylic acids is 1. The molecule has 0 spiro atoms. The van der Waals surface area contributed by atoms with Gasteiger partial charge in [-0.2, -0.15) is 0 Å². The Morgan fingerprint density at radius 2 is 2.00 bits per heavy atom. The van der Waals surface area contributed by atoms with Crippen LogP contribution in [0.25, 0.3) is 16.6 Å². The molecule has 0 aliphatic heterocycles. The molecule has 2 rings (SSSR count). The van der Waals surface area contributed by atoms with Crippen LogP contribution in [0.5, 0.6) is 0 Å². The molecule has 0 saturated carbocycles. The standard InChI is InChI=1S/C28H42N4O5/c1-7-10-37-23(11-18(2)3)16-32-25-9-8-21(14-30-26(20(5)34)28(35)36)13-24(25)31-27(32)22(15-29-6)12-19(4)17-33/h8-9,12-13,15,17-18,20,23,26,29-30,34H,7,10-11,14,16H2,1-6H3,(H,35,36)/b19-12-,22-15?. The Balaban J connectivity index is 2.57. The van der Waals surface area contributed by atoms with Crippen LogP contribution in [0.2, 0.25) is 0 Å². The Morgan fingerprint density at radius 1 is 1.27 bits per heavy atom. The van der Waals surface area contributed by atoms with E-state index in [2.05, 4.69) is 36.0 Å². The molecule has 3 unspecified atom stereocenters. The zero-order chi connectivity index (χ0) is 27.5. The lowest BCUT2D eigenvalue weighted by molar-refractivity contribution is -0.142. The van der Waals surface area contributed by atoms with E-state index in [0.29, 0.717) is 30.5 Å². The van der Waals surface area contributed by atoms with Crippen LogP contribution >= 0.6 is 0 Å². The first-order valence-electron chi connectivity index (χ1n) is 12.9. The molecule has 2 aromatic rings. The quantitative estimate of drug-likeness (QED) is 0.152. The maximum absolute atomic E-state index is 11.4. The Hall–Kier alpha value is -3.01. The van der Waals surface area contributed by atoms with Gasteiger partial charge in [0.05, 0.1) is 29.8 Å². The second kappa shape index (κ2) is 14.7. The van der Waals surface area contributed by atoms with Crippen LogP contribution in [0.15, 0.2) is 36.0 Å². The number of hydrogen-bond donors (Lipinski definition) is 4. The van der Waals surface area contributed by atoms with Gasteiger partial charge in [0.15, 0.2) is 0 Å². The van der Waals surface area contributed by atoms with E-state index < -0.39 is 18.1 Å². The third kappa shape index (κ3) is 8.80. The summed E-state index contributed by atoms with van der Waals surface area (Å²) >= 11 is 0. The van der Waals surface area contributed by atoms with E-state index in [1.165, 1.54) is 6.92 Å². The highest BCUT2D eigenvalue weighted by molar-refractivity contribution is 5.86. The number of aromatic nitrogens is 2. The number of imidazole rings is 1. The van der Waals surface area contributed by atoms with Gasteiger partial charge in [0.25, 0.3) is 0 Å².